The van der Waals surface area contributed by atoms with Crippen LogP contribution < -0.4 is 15.0 Å². The molecule has 2 saturated heterocycles. The predicted octanol–water partition coefficient (Wildman–Crippen LogP) is 2.97. The van der Waals surface area contributed by atoms with Crippen LogP contribution in [-0.4, -0.2) is 49.8 Å². The Morgan fingerprint density at radius 3 is 2.60 bits per heavy atom. The fraction of sp³-hybridized carbons (Fsp3) is 0.562. The van der Waals surface area contributed by atoms with Gasteiger partial charge in [0.25, 0.3) is 0 Å². The van der Waals surface area contributed by atoms with Gasteiger partial charge in [0.2, 0.25) is 0 Å². The number of anilines is 1. The fourth-order valence-electron chi connectivity index (χ4n) is 3.63. The quantitative estimate of drug-likeness (QED) is 0.758. The number of benzene rings is 1. The molecule has 3 aliphatic heterocycles. The molecule has 0 aromatic heterocycles. The zero-order chi connectivity index (χ0) is 18.0. The number of urea groups is 1. The molecule has 1 unspecified atom stereocenters. The molecule has 0 aliphatic carbocycles. The van der Waals surface area contributed by atoms with Gasteiger partial charge in [0.1, 0.15) is 12.4 Å². The number of carbonyl (C=O) groups excluding carboxylic acids is 1. The molecular weight excluding hydrogens is 359 g/mol. The Morgan fingerprint density at radius 1 is 1.36 bits per heavy atom. The van der Waals surface area contributed by atoms with E-state index in [2.05, 4.69) is 5.32 Å². The van der Waals surface area contributed by atoms with Crippen LogP contribution in [0.4, 0.5) is 23.7 Å². The second-order valence-electron chi connectivity index (χ2n) is 7.07. The van der Waals surface area contributed by atoms with Crippen molar-refractivity contribution < 1.29 is 22.7 Å². The van der Waals surface area contributed by atoms with E-state index in [9.17, 15) is 18.0 Å². The number of amides is 2. The van der Waals surface area contributed by atoms with E-state index < -0.39 is 16.8 Å². The number of fused-ring (bicyclic) bond motifs is 1. The number of carbonyl (C=O) groups is 1. The van der Waals surface area contributed by atoms with Crippen molar-refractivity contribution >= 4 is 23.3 Å². The molecule has 1 aromatic carbocycles. The SMILES string of the molecule is CC1COc2cc(Cl)c(C(F)(F)F)cc2N1C(=O)N1CC2(CNC2)C1. The highest BCUT2D eigenvalue weighted by molar-refractivity contribution is 6.31. The summed E-state index contributed by atoms with van der Waals surface area (Å²) in [6, 6.07) is 1.40. The summed E-state index contributed by atoms with van der Waals surface area (Å²) in [5, 5.41) is 2.75. The summed E-state index contributed by atoms with van der Waals surface area (Å²) >= 11 is 5.75. The molecule has 0 saturated carbocycles. The minimum absolute atomic E-state index is 0.119. The number of rotatable bonds is 0. The lowest BCUT2D eigenvalue weighted by Gasteiger charge is -2.57. The molecular formula is C16H17ClF3N3O2. The third-order valence-corrected chi connectivity index (χ3v) is 5.38. The first-order chi connectivity index (χ1) is 11.7. The standard InChI is InChI=1S/C16H17ClF3N3O2/c1-9-4-25-13-3-11(17)10(16(18,19)20)2-12(13)23(9)14(24)22-7-15(8-22)5-21-6-15/h2-3,9,21H,4-8H2,1H3. The van der Waals surface area contributed by atoms with Crippen LogP contribution in [0.3, 0.4) is 0 Å². The fourth-order valence-corrected chi connectivity index (χ4v) is 3.89. The normalized spacial score (nSPS) is 24.3. The second-order valence-corrected chi connectivity index (χ2v) is 7.48. The molecule has 4 rings (SSSR count). The molecule has 5 nitrogen and oxygen atoms in total. The molecule has 136 valence electrons. The summed E-state index contributed by atoms with van der Waals surface area (Å²) in [6.07, 6.45) is -4.60. The Hall–Kier alpha value is -1.67. The van der Waals surface area contributed by atoms with E-state index in [-0.39, 0.29) is 35.5 Å². The number of nitrogens with one attached hydrogen (secondary N) is 1. The summed E-state index contributed by atoms with van der Waals surface area (Å²) in [6.45, 7) is 4.96. The Kier molecular flexibility index (Phi) is 3.63. The first-order valence-corrected chi connectivity index (χ1v) is 8.40. The summed E-state index contributed by atoms with van der Waals surface area (Å²) in [5.74, 6) is 0.199. The highest BCUT2D eigenvalue weighted by atomic mass is 35.5. The van der Waals surface area contributed by atoms with Gasteiger partial charge in [-0.05, 0) is 13.0 Å². The summed E-state index contributed by atoms with van der Waals surface area (Å²) in [5.41, 5.74) is -0.703. The van der Waals surface area contributed by atoms with E-state index in [1.54, 1.807) is 11.8 Å². The lowest BCUT2D eigenvalue weighted by Crippen LogP contribution is -2.73. The maximum Gasteiger partial charge on any atom is 0.417 e. The molecule has 0 bridgehead atoms. The number of hydrogen-bond donors (Lipinski definition) is 1. The Morgan fingerprint density at radius 2 is 2.04 bits per heavy atom. The van der Waals surface area contributed by atoms with E-state index >= 15 is 0 Å². The van der Waals surface area contributed by atoms with Crippen LogP contribution in [-0.2, 0) is 6.18 Å². The Labute approximate surface area is 147 Å². The van der Waals surface area contributed by atoms with E-state index in [1.165, 1.54) is 4.90 Å². The Bertz CT molecular complexity index is 728. The van der Waals surface area contributed by atoms with Gasteiger partial charge < -0.3 is 15.0 Å². The number of alkyl halides is 3. The van der Waals surface area contributed by atoms with Gasteiger partial charge in [-0.15, -0.1) is 0 Å². The number of ether oxygens (including phenoxy) is 1. The molecule has 1 aromatic rings. The van der Waals surface area contributed by atoms with Crippen LogP contribution in [0.25, 0.3) is 0 Å². The van der Waals surface area contributed by atoms with Crippen molar-refractivity contribution in [2.75, 3.05) is 37.7 Å². The zero-order valence-electron chi connectivity index (χ0n) is 13.5. The third kappa shape index (κ3) is 2.62. The third-order valence-electron chi connectivity index (χ3n) is 5.06. The van der Waals surface area contributed by atoms with Crippen molar-refractivity contribution in [2.45, 2.75) is 19.1 Å². The van der Waals surface area contributed by atoms with Crippen LogP contribution in [0.5, 0.6) is 5.75 Å². The van der Waals surface area contributed by atoms with Gasteiger partial charge in [0, 0.05) is 37.7 Å². The van der Waals surface area contributed by atoms with E-state index in [0.29, 0.717) is 13.1 Å². The van der Waals surface area contributed by atoms with E-state index in [0.717, 1.165) is 25.2 Å². The van der Waals surface area contributed by atoms with Crippen molar-refractivity contribution in [3.63, 3.8) is 0 Å². The minimum atomic E-state index is -4.60. The molecule has 1 atom stereocenters. The van der Waals surface area contributed by atoms with Gasteiger partial charge in [-0.3, -0.25) is 4.90 Å². The van der Waals surface area contributed by atoms with E-state index in [4.69, 9.17) is 16.3 Å². The topological polar surface area (TPSA) is 44.8 Å². The van der Waals surface area contributed by atoms with Crippen molar-refractivity contribution in [2.24, 2.45) is 5.41 Å². The average molecular weight is 376 g/mol. The number of halogens is 4. The molecule has 3 aliphatic rings. The molecule has 0 radical (unpaired) electrons. The van der Waals surface area contributed by atoms with Gasteiger partial charge in [-0.2, -0.15) is 13.2 Å². The van der Waals surface area contributed by atoms with Gasteiger partial charge in [-0.25, -0.2) is 4.79 Å². The van der Waals surface area contributed by atoms with Crippen molar-refractivity contribution in [1.82, 2.24) is 10.2 Å². The maximum atomic E-state index is 13.2. The van der Waals surface area contributed by atoms with Gasteiger partial charge in [0.15, 0.2) is 0 Å². The highest BCUT2D eigenvalue weighted by Gasteiger charge is 2.51. The maximum absolute atomic E-state index is 13.2. The summed E-state index contributed by atoms with van der Waals surface area (Å²) in [7, 11) is 0. The molecule has 2 amide bonds. The number of nitrogens with zero attached hydrogens (tertiary/aromatic N) is 2. The van der Waals surface area contributed by atoms with Crippen LogP contribution in [0.1, 0.15) is 12.5 Å². The molecule has 1 N–H and O–H groups in total. The average Bonchev–Trinajstić information content (AvgIpc) is 2.42. The van der Waals surface area contributed by atoms with Crippen LogP contribution in [0.2, 0.25) is 5.02 Å². The number of hydrogen-bond acceptors (Lipinski definition) is 3. The van der Waals surface area contributed by atoms with E-state index in [1.807, 2.05) is 0 Å². The first kappa shape index (κ1) is 16.8. The van der Waals surface area contributed by atoms with Gasteiger partial charge in [-0.1, -0.05) is 11.6 Å². The molecule has 3 heterocycles. The van der Waals surface area contributed by atoms with Gasteiger partial charge in [0.05, 0.1) is 22.3 Å². The lowest BCUT2D eigenvalue weighted by molar-refractivity contribution is -0.137. The first-order valence-electron chi connectivity index (χ1n) is 8.03. The summed E-state index contributed by atoms with van der Waals surface area (Å²) < 4.78 is 45.1. The summed E-state index contributed by atoms with van der Waals surface area (Å²) in [4.78, 5) is 16.0. The molecule has 25 heavy (non-hydrogen) atoms. The monoisotopic (exact) mass is 375 g/mol. The van der Waals surface area contributed by atoms with Crippen LogP contribution in [0.15, 0.2) is 12.1 Å². The lowest BCUT2D eigenvalue weighted by atomic mass is 9.74. The minimum Gasteiger partial charge on any atom is -0.489 e. The largest absolute Gasteiger partial charge is 0.489 e. The molecule has 1 spiro atoms. The van der Waals surface area contributed by atoms with Gasteiger partial charge >= 0.3 is 12.2 Å². The Balaban J connectivity index is 1.66. The second kappa shape index (κ2) is 5.41. The molecule has 2 fully saturated rings. The van der Waals surface area contributed by atoms with Crippen LogP contribution >= 0.6 is 11.6 Å². The van der Waals surface area contributed by atoms with Crippen molar-refractivity contribution in [3.8, 4) is 5.75 Å². The zero-order valence-corrected chi connectivity index (χ0v) is 14.2. The van der Waals surface area contributed by atoms with Crippen LogP contribution in [0, 0.1) is 5.41 Å². The highest BCUT2D eigenvalue weighted by Crippen LogP contribution is 2.45. The molecule has 9 heteroatoms. The number of likely N-dealkylation sites (tertiary alicyclic amines) is 1. The predicted molar refractivity (Wildman–Crippen MR) is 86.2 cm³/mol. The van der Waals surface area contributed by atoms with Crippen molar-refractivity contribution in [1.29, 1.82) is 0 Å². The smallest absolute Gasteiger partial charge is 0.417 e. The van der Waals surface area contributed by atoms with Crippen molar-refractivity contribution in [3.05, 3.63) is 22.7 Å².